The average molecular weight is 686 g/mol. The molecular weight excluding hydrogens is 638 g/mol. The Morgan fingerprint density at radius 2 is 1.49 bits per heavy atom. The van der Waals surface area contributed by atoms with E-state index in [4.69, 9.17) is 4.74 Å². The van der Waals surface area contributed by atoms with E-state index < -0.39 is 0 Å². The van der Waals surface area contributed by atoms with E-state index in [1.54, 1.807) is 12.1 Å². The van der Waals surface area contributed by atoms with E-state index in [1.165, 1.54) is 32.8 Å². The standard InChI is InChI=1S/C42H47N5O4/c1-43-25-26-47(35-13-3-4-14-35)28-31-11-8-12-33(27-31)40(48)46-39-38(36-15-5-6-16-37(36)45-39)41(49)44-34-23-19-30(20-24-34)10-7-9-29-17-21-32(22-18-29)42(50)51-2/h5-6,8,11-12,15-24,27,35,43,45H,3-4,7,9-10,13-14,25-26,28H2,1-2H3,(H,44,49)(H,46,48). The number of esters is 1. The first-order valence-electron chi connectivity index (χ1n) is 17.9. The number of methoxy groups -OCH3 is 1. The minimum Gasteiger partial charge on any atom is -0.465 e. The number of anilines is 2. The smallest absolute Gasteiger partial charge is 0.337 e. The Hall–Kier alpha value is -5.25. The number of amides is 2. The largest absolute Gasteiger partial charge is 0.465 e. The van der Waals surface area contributed by atoms with Gasteiger partial charge in [-0.15, -0.1) is 0 Å². The van der Waals surface area contributed by atoms with Crippen molar-refractivity contribution in [3.63, 3.8) is 0 Å². The Bertz CT molecular complexity index is 1940. The van der Waals surface area contributed by atoms with Crippen molar-refractivity contribution >= 4 is 40.2 Å². The molecular formula is C42H47N5O4. The molecule has 51 heavy (non-hydrogen) atoms. The highest BCUT2D eigenvalue weighted by molar-refractivity contribution is 6.19. The fourth-order valence-electron chi connectivity index (χ4n) is 6.99. The maximum absolute atomic E-state index is 13.8. The topological polar surface area (TPSA) is 116 Å². The highest BCUT2D eigenvalue weighted by Gasteiger charge is 2.24. The second-order valence-electron chi connectivity index (χ2n) is 13.3. The number of para-hydroxylation sites is 1. The van der Waals surface area contributed by atoms with Crippen LogP contribution in [-0.4, -0.2) is 61.0 Å². The van der Waals surface area contributed by atoms with Crippen LogP contribution in [0.5, 0.6) is 0 Å². The molecule has 4 aromatic carbocycles. The molecule has 0 bridgehead atoms. The van der Waals surface area contributed by atoms with Crippen molar-refractivity contribution in [2.45, 2.75) is 57.5 Å². The summed E-state index contributed by atoms with van der Waals surface area (Å²) in [6.07, 6.45) is 7.68. The summed E-state index contributed by atoms with van der Waals surface area (Å²) in [4.78, 5) is 44.9. The normalized spacial score (nSPS) is 13.1. The number of likely N-dealkylation sites (N-methyl/N-ethyl adjacent to an activating group) is 1. The third kappa shape index (κ3) is 9.11. The fraction of sp³-hybridized carbons (Fsp3) is 0.310. The van der Waals surface area contributed by atoms with Gasteiger partial charge in [-0.25, -0.2) is 4.79 Å². The number of hydrogen-bond donors (Lipinski definition) is 4. The number of carbonyl (C=O) groups excluding carboxylic acids is 3. The number of aryl methyl sites for hydroxylation is 2. The van der Waals surface area contributed by atoms with E-state index in [0.29, 0.717) is 34.2 Å². The first kappa shape index (κ1) is 35.6. The van der Waals surface area contributed by atoms with Gasteiger partial charge in [-0.2, -0.15) is 0 Å². The first-order valence-corrected chi connectivity index (χ1v) is 17.9. The Morgan fingerprint density at radius 3 is 2.20 bits per heavy atom. The van der Waals surface area contributed by atoms with Crippen LogP contribution < -0.4 is 16.0 Å². The minimum atomic E-state index is -0.336. The lowest BCUT2D eigenvalue weighted by Crippen LogP contribution is -2.37. The maximum Gasteiger partial charge on any atom is 0.337 e. The molecule has 6 rings (SSSR count). The monoisotopic (exact) mass is 685 g/mol. The lowest BCUT2D eigenvalue weighted by atomic mass is 10.0. The number of ether oxygens (including phenoxy) is 1. The molecule has 9 nitrogen and oxygen atoms in total. The molecule has 1 saturated carbocycles. The summed E-state index contributed by atoms with van der Waals surface area (Å²) < 4.78 is 4.77. The van der Waals surface area contributed by atoms with Crippen molar-refractivity contribution in [1.29, 1.82) is 0 Å². The molecule has 0 atom stereocenters. The SMILES string of the molecule is CNCCN(Cc1cccc(C(=O)Nc2[nH]c3ccccc3c2C(=O)Nc2ccc(CCCc3ccc(C(=O)OC)cc3)cc2)c1)C1CCCC1. The van der Waals surface area contributed by atoms with E-state index in [1.807, 2.05) is 85.9 Å². The number of rotatable bonds is 15. The Balaban J connectivity index is 1.10. The van der Waals surface area contributed by atoms with Crippen LogP contribution in [0, 0.1) is 0 Å². The predicted molar refractivity (Wildman–Crippen MR) is 203 cm³/mol. The second kappa shape index (κ2) is 17.1. The molecule has 0 unspecified atom stereocenters. The summed E-state index contributed by atoms with van der Waals surface area (Å²) in [5, 5.41) is 10.0. The number of nitrogens with one attached hydrogen (secondary N) is 4. The summed E-state index contributed by atoms with van der Waals surface area (Å²) >= 11 is 0. The van der Waals surface area contributed by atoms with Gasteiger partial charge >= 0.3 is 5.97 Å². The molecule has 264 valence electrons. The molecule has 1 fully saturated rings. The predicted octanol–water partition coefficient (Wildman–Crippen LogP) is 7.60. The molecule has 0 aliphatic heterocycles. The highest BCUT2D eigenvalue weighted by Crippen LogP contribution is 2.29. The van der Waals surface area contributed by atoms with E-state index >= 15 is 0 Å². The average Bonchev–Trinajstić information content (AvgIpc) is 3.83. The number of hydrogen-bond acceptors (Lipinski definition) is 6. The van der Waals surface area contributed by atoms with Crippen LogP contribution in [-0.2, 0) is 24.1 Å². The van der Waals surface area contributed by atoms with E-state index in [9.17, 15) is 14.4 Å². The number of nitrogens with zero attached hydrogens (tertiary/aromatic N) is 1. The zero-order valence-corrected chi connectivity index (χ0v) is 29.5. The van der Waals surface area contributed by atoms with E-state index in [0.717, 1.165) is 66.5 Å². The molecule has 1 heterocycles. The highest BCUT2D eigenvalue weighted by atomic mass is 16.5. The van der Waals surface area contributed by atoms with Crippen LogP contribution in [0.25, 0.3) is 10.9 Å². The number of aromatic amines is 1. The summed E-state index contributed by atoms with van der Waals surface area (Å²) in [7, 11) is 3.36. The van der Waals surface area contributed by atoms with Crippen LogP contribution >= 0.6 is 0 Å². The zero-order valence-electron chi connectivity index (χ0n) is 29.5. The first-order chi connectivity index (χ1) is 24.9. The molecule has 5 aromatic rings. The van der Waals surface area contributed by atoms with Crippen LogP contribution in [0.4, 0.5) is 11.5 Å². The van der Waals surface area contributed by atoms with Crippen LogP contribution in [0.15, 0.2) is 97.1 Å². The Labute approximate surface area is 299 Å². The number of H-pyrrole nitrogens is 1. The van der Waals surface area contributed by atoms with E-state index in [2.05, 4.69) is 31.9 Å². The third-order valence-corrected chi connectivity index (χ3v) is 9.75. The fourth-order valence-corrected chi connectivity index (χ4v) is 6.99. The van der Waals surface area contributed by atoms with Crippen molar-refractivity contribution in [3.05, 3.63) is 130 Å². The van der Waals surface area contributed by atoms with Gasteiger partial charge in [0, 0.05) is 47.8 Å². The molecule has 4 N–H and O–H groups in total. The lowest BCUT2D eigenvalue weighted by Gasteiger charge is -2.29. The summed E-state index contributed by atoms with van der Waals surface area (Å²) in [5.41, 5.74) is 6.33. The maximum atomic E-state index is 13.8. The van der Waals surface area contributed by atoms with Gasteiger partial charge in [-0.05, 0) is 98.3 Å². The van der Waals surface area contributed by atoms with Gasteiger partial charge in [-0.3, -0.25) is 14.5 Å². The molecule has 1 aromatic heterocycles. The van der Waals surface area contributed by atoms with Gasteiger partial charge < -0.3 is 25.7 Å². The number of carbonyl (C=O) groups is 3. The third-order valence-electron chi connectivity index (χ3n) is 9.75. The van der Waals surface area contributed by atoms with Gasteiger partial charge in [0.2, 0.25) is 0 Å². The van der Waals surface area contributed by atoms with Crippen LogP contribution in [0.2, 0.25) is 0 Å². The van der Waals surface area contributed by atoms with Crippen molar-refractivity contribution in [2.75, 3.05) is 37.9 Å². The molecule has 1 aliphatic carbocycles. The zero-order chi connectivity index (χ0) is 35.6. The Kier molecular flexibility index (Phi) is 11.9. The molecule has 9 heteroatoms. The van der Waals surface area contributed by atoms with Crippen molar-refractivity contribution in [3.8, 4) is 0 Å². The molecule has 0 spiro atoms. The number of aromatic nitrogens is 1. The molecule has 0 saturated heterocycles. The van der Waals surface area contributed by atoms with Crippen LogP contribution in [0.3, 0.4) is 0 Å². The minimum absolute atomic E-state index is 0.274. The van der Waals surface area contributed by atoms with Crippen molar-refractivity contribution in [2.24, 2.45) is 0 Å². The number of benzene rings is 4. The van der Waals surface area contributed by atoms with Gasteiger partial charge in [0.25, 0.3) is 11.8 Å². The van der Waals surface area contributed by atoms with Crippen molar-refractivity contribution < 1.29 is 19.1 Å². The number of fused-ring (bicyclic) bond motifs is 1. The summed E-state index contributed by atoms with van der Waals surface area (Å²) in [5.74, 6) is -0.556. The lowest BCUT2D eigenvalue weighted by molar-refractivity contribution is 0.0600. The Morgan fingerprint density at radius 1 is 0.784 bits per heavy atom. The molecule has 1 aliphatic rings. The molecule has 2 amide bonds. The van der Waals surface area contributed by atoms with Gasteiger partial charge in [0.05, 0.1) is 18.2 Å². The van der Waals surface area contributed by atoms with Crippen LogP contribution in [0.1, 0.15) is 79.9 Å². The summed E-state index contributed by atoms with van der Waals surface area (Å²) in [6, 6.07) is 31.3. The summed E-state index contributed by atoms with van der Waals surface area (Å²) in [6.45, 7) is 2.67. The van der Waals surface area contributed by atoms with Gasteiger partial charge in [0.15, 0.2) is 0 Å². The quantitative estimate of drug-likeness (QED) is 0.0844. The van der Waals surface area contributed by atoms with Gasteiger partial charge in [0.1, 0.15) is 5.82 Å². The van der Waals surface area contributed by atoms with Gasteiger partial charge in [-0.1, -0.05) is 67.4 Å². The van der Waals surface area contributed by atoms with Crippen molar-refractivity contribution in [1.82, 2.24) is 15.2 Å². The molecule has 0 radical (unpaired) electrons. The second-order valence-corrected chi connectivity index (χ2v) is 13.3. The van der Waals surface area contributed by atoms with E-state index in [-0.39, 0.29) is 17.8 Å².